The summed E-state index contributed by atoms with van der Waals surface area (Å²) in [6.07, 6.45) is 2.57. The number of aliphatic carboxylic acids is 1. The van der Waals surface area contributed by atoms with Crippen molar-refractivity contribution in [2.45, 2.75) is 45.6 Å². The molecule has 0 radical (unpaired) electrons. The van der Waals surface area contributed by atoms with Crippen molar-refractivity contribution in [2.24, 2.45) is 11.7 Å². The summed E-state index contributed by atoms with van der Waals surface area (Å²) in [7, 11) is 1.39. The van der Waals surface area contributed by atoms with Gasteiger partial charge in [0.1, 0.15) is 0 Å². The Labute approximate surface area is 144 Å². The number of carboxylic acids is 1. The van der Waals surface area contributed by atoms with Crippen LogP contribution in [0.2, 0.25) is 0 Å². The van der Waals surface area contributed by atoms with E-state index in [9.17, 15) is 9.59 Å². The lowest BCUT2D eigenvalue weighted by Gasteiger charge is -2.38. The zero-order chi connectivity index (χ0) is 18.3. The fourth-order valence-corrected chi connectivity index (χ4v) is 2.73. The van der Waals surface area contributed by atoms with E-state index in [1.54, 1.807) is 0 Å². The Morgan fingerprint density at radius 3 is 2.46 bits per heavy atom. The summed E-state index contributed by atoms with van der Waals surface area (Å²) in [6.45, 7) is 9.49. The van der Waals surface area contributed by atoms with Crippen LogP contribution in [0.4, 0.5) is 0 Å². The van der Waals surface area contributed by atoms with Crippen LogP contribution < -0.4 is 11.1 Å². The second kappa shape index (κ2) is 9.03. The lowest BCUT2D eigenvalue weighted by molar-refractivity contribution is -0.142. The highest BCUT2D eigenvalue weighted by molar-refractivity contribution is 5.89. The van der Waals surface area contributed by atoms with Crippen molar-refractivity contribution in [1.29, 1.82) is 0 Å². The number of rotatable bonds is 2. The normalized spacial score (nSPS) is 22.4. The maximum absolute atomic E-state index is 11.5. The van der Waals surface area contributed by atoms with Crippen LogP contribution in [0.1, 0.15) is 40.0 Å². The van der Waals surface area contributed by atoms with E-state index < -0.39 is 5.97 Å². The SMILES string of the molecule is COC(=O)C1=C(N)CCN(C(C)(C)C)C1.O=C(O)C1CCCNC1. The first-order valence-corrected chi connectivity index (χ1v) is 8.41. The maximum Gasteiger partial charge on any atom is 0.336 e. The van der Waals surface area contributed by atoms with Crippen molar-refractivity contribution >= 4 is 11.9 Å². The van der Waals surface area contributed by atoms with Gasteiger partial charge >= 0.3 is 11.9 Å². The largest absolute Gasteiger partial charge is 0.481 e. The molecule has 0 bridgehead atoms. The molecule has 7 nitrogen and oxygen atoms in total. The fraction of sp³-hybridized carbons (Fsp3) is 0.765. The highest BCUT2D eigenvalue weighted by Crippen LogP contribution is 2.22. The van der Waals surface area contributed by atoms with Gasteiger partial charge in [-0.05, 0) is 40.2 Å². The predicted molar refractivity (Wildman–Crippen MR) is 92.4 cm³/mol. The maximum atomic E-state index is 11.5. The fourth-order valence-electron chi connectivity index (χ4n) is 2.73. The summed E-state index contributed by atoms with van der Waals surface area (Å²) in [5.41, 5.74) is 7.15. The molecule has 0 amide bonds. The number of nitrogens with zero attached hydrogens (tertiary/aromatic N) is 1. The monoisotopic (exact) mass is 341 g/mol. The van der Waals surface area contributed by atoms with Crippen molar-refractivity contribution in [1.82, 2.24) is 10.2 Å². The molecule has 1 fully saturated rings. The summed E-state index contributed by atoms with van der Waals surface area (Å²) in [6, 6.07) is 0. The Kier molecular flexibility index (Phi) is 7.69. The van der Waals surface area contributed by atoms with E-state index in [-0.39, 0.29) is 17.4 Å². The van der Waals surface area contributed by atoms with E-state index >= 15 is 0 Å². The Morgan fingerprint density at radius 2 is 2.04 bits per heavy atom. The molecular formula is C17H31N3O4. The molecule has 7 heteroatoms. The molecule has 1 atom stereocenters. The summed E-state index contributed by atoms with van der Waals surface area (Å²) in [4.78, 5) is 24.0. The molecule has 0 saturated carbocycles. The Morgan fingerprint density at radius 1 is 1.38 bits per heavy atom. The molecule has 2 heterocycles. The molecule has 4 N–H and O–H groups in total. The number of ether oxygens (including phenoxy) is 1. The average Bonchev–Trinajstić information content (AvgIpc) is 2.55. The van der Waals surface area contributed by atoms with Crippen LogP contribution in [0.25, 0.3) is 0 Å². The predicted octanol–water partition coefficient (Wildman–Crippen LogP) is 0.947. The molecule has 2 aliphatic rings. The number of carbonyl (C=O) groups excluding carboxylic acids is 1. The zero-order valence-electron chi connectivity index (χ0n) is 15.2. The van der Waals surface area contributed by atoms with Gasteiger partial charge in [-0.2, -0.15) is 0 Å². The highest BCUT2D eigenvalue weighted by atomic mass is 16.5. The van der Waals surface area contributed by atoms with Crippen LogP contribution in [0.5, 0.6) is 0 Å². The van der Waals surface area contributed by atoms with Crippen molar-refractivity contribution in [2.75, 3.05) is 33.3 Å². The summed E-state index contributed by atoms with van der Waals surface area (Å²) in [5, 5.41) is 11.5. The number of hydrogen-bond donors (Lipinski definition) is 3. The van der Waals surface area contributed by atoms with E-state index in [2.05, 4.69) is 31.0 Å². The van der Waals surface area contributed by atoms with Crippen LogP contribution in [0.15, 0.2) is 11.3 Å². The van der Waals surface area contributed by atoms with Gasteiger partial charge in [-0.25, -0.2) is 4.79 Å². The Hall–Kier alpha value is -1.60. The van der Waals surface area contributed by atoms with Gasteiger partial charge in [-0.15, -0.1) is 0 Å². The topological polar surface area (TPSA) is 105 Å². The molecule has 0 aromatic heterocycles. The van der Waals surface area contributed by atoms with E-state index in [4.69, 9.17) is 15.6 Å². The molecular weight excluding hydrogens is 310 g/mol. The van der Waals surface area contributed by atoms with E-state index in [1.807, 2.05) is 0 Å². The summed E-state index contributed by atoms with van der Waals surface area (Å²) < 4.78 is 4.72. The molecule has 24 heavy (non-hydrogen) atoms. The lowest BCUT2D eigenvalue weighted by Crippen LogP contribution is -2.47. The van der Waals surface area contributed by atoms with Gasteiger partial charge in [0.15, 0.2) is 0 Å². The molecule has 0 aliphatic carbocycles. The van der Waals surface area contributed by atoms with Gasteiger partial charge in [0.2, 0.25) is 0 Å². The van der Waals surface area contributed by atoms with Crippen LogP contribution in [0, 0.1) is 5.92 Å². The van der Waals surface area contributed by atoms with Gasteiger partial charge in [0.25, 0.3) is 0 Å². The average molecular weight is 341 g/mol. The number of nitrogens with two attached hydrogens (primary N) is 1. The Balaban J connectivity index is 0.000000272. The summed E-state index contributed by atoms with van der Waals surface area (Å²) in [5.74, 6) is -1.11. The van der Waals surface area contributed by atoms with Gasteiger partial charge in [0.05, 0.1) is 18.6 Å². The first-order valence-electron chi connectivity index (χ1n) is 8.41. The second-order valence-corrected chi connectivity index (χ2v) is 7.22. The van der Waals surface area contributed by atoms with Crippen LogP contribution in [-0.2, 0) is 14.3 Å². The third kappa shape index (κ3) is 6.13. The first-order chi connectivity index (χ1) is 11.2. The van der Waals surface area contributed by atoms with Gasteiger partial charge < -0.3 is 20.9 Å². The molecule has 138 valence electrons. The summed E-state index contributed by atoms with van der Waals surface area (Å²) >= 11 is 0. The second-order valence-electron chi connectivity index (χ2n) is 7.22. The van der Waals surface area contributed by atoms with Crippen LogP contribution >= 0.6 is 0 Å². The Bertz CT molecular complexity index is 477. The minimum Gasteiger partial charge on any atom is -0.481 e. The van der Waals surface area contributed by atoms with Crippen molar-refractivity contribution < 1.29 is 19.4 Å². The molecule has 2 rings (SSSR count). The quantitative estimate of drug-likeness (QED) is 0.642. The van der Waals surface area contributed by atoms with Crippen molar-refractivity contribution in [3.63, 3.8) is 0 Å². The van der Waals surface area contributed by atoms with E-state index in [0.717, 1.165) is 32.4 Å². The minimum atomic E-state index is -0.665. The number of hydrogen-bond acceptors (Lipinski definition) is 6. The first kappa shape index (κ1) is 20.4. The number of methoxy groups -OCH3 is 1. The van der Waals surface area contributed by atoms with Gasteiger partial charge in [-0.1, -0.05) is 0 Å². The zero-order valence-corrected chi connectivity index (χ0v) is 15.2. The number of piperidine rings is 1. The third-order valence-electron chi connectivity index (χ3n) is 4.41. The number of nitrogens with one attached hydrogen (secondary N) is 1. The van der Waals surface area contributed by atoms with Gasteiger partial charge in [-0.3, -0.25) is 9.69 Å². The standard InChI is InChI=1S/C11H20N2O2.C6H11NO2/c1-11(2,3)13-6-5-9(12)8(7-13)10(14)15-4;8-6(9)5-2-1-3-7-4-5/h5-7,12H2,1-4H3;5,7H,1-4H2,(H,8,9). The number of esters is 1. The third-order valence-corrected chi connectivity index (χ3v) is 4.41. The van der Waals surface area contributed by atoms with E-state index in [0.29, 0.717) is 24.4 Å². The minimum absolute atomic E-state index is 0.0555. The van der Waals surface area contributed by atoms with Crippen LogP contribution in [-0.4, -0.2) is 60.8 Å². The van der Waals surface area contributed by atoms with E-state index in [1.165, 1.54) is 7.11 Å². The lowest BCUT2D eigenvalue weighted by atomic mass is 9.99. The molecule has 1 unspecified atom stereocenters. The smallest absolute Gasteiger partial charge is 0.336 e. The van der Waals surface area contributed by atoms with Crippen LogP contribution in [0.3, 0.4) is 0 Å². The number of carboxylic acid groups (broad SMARTS) is 1. The highest BCUT2D eigenvalue weighted by Gasteiger charge is 2.29. The molecule has 2 aliphatic heterocycles. The molecule has 1 saturated heterocycles. The number of carbonyl (C=O) groups is 2. The van der Waals surface area contributed by atoms with Crippen molar-refractivity contribution in [3.8, 4) is 0 Å². The molecule has 0 aromatic rings. The molecule has 0 spiro atoms. The van der Waals surface area contributed by atoms with Crippen molar-refractivity contribution in [3.05, 3.63) is 11.3 Å². The van der Waals surface area contributed by atoms with Gasteiger partial charge in [0, 0.05) is 37.3 Å². The molecule has 0 aromatic carbocycles.